The maximum absolute atomic E-state index is 12.3. The average molecular weight is 339 g/mol. The van der Waals surface area contributed by atoms with Gasteiger partial charge in [0.05, 0.1) is 5.92 Å². The van der Waals surface area contributed by atoms with Gasteiger partial charge in [-0.1, -0.05) is 12.8 Å². The Balaban J connectivity index is 1.60. The molecule has 0 aromatic heterocycles. The molecular formula is C18H33N3O3. The van der Waals surface area contributed by atoms with E-state index in [1.807, 2.05) is 4.90 Å². The summed E-state index contributed by atoms with van der Waals surface area (Å²) in [6.07, 6.45) is 7.07. The number of carbonyl (C=O) groups excluding carboxylic acids is 1. The summed E-state index contributed by atoms with van der Waals surface area (Å²) in [7, 11) is 4.29. The molecule has 2 rings (SSSR count). The predicted octanol–water partition coefficient (Wildman–Crippen LogP) is 1.51. The van der Waals surface area contributed by atoms with E-state index in [9.17, 15) is 9.59 Å². The highest BCUT2D eigenvalue weighted by atomic mass is 16.4. The zero-order valence-electron chi connectivity index (χ0n) is 15.2. The normalized spacial score (nSPS) is 20.2. The zero-order valence-corrected chi connectivity index (χ0v) is 15.2. The van der Waals surface area contributed by atoms with Gasteiger partial charge in [0, 0.05) is 45.2 Å². The number of likely N-dealkylation sites (tertiary alicyclic amines) is 1. The molecule has 1 aliphatic heterocycles. The molecule has 0 aromatic carbocycles. The van der Waals surface area contributed by atoms with Gasteiger partial charge in [0.15, 0.2) is 0 Å². The molecule has 0 radical (unpaired) electrons. The Labute approximate surface area is 145 Å². The lowest BCUT2D eigenvalue weighted by Crippen LogP contribution is -2.42. The van der Waals surface area contributed by atoms with Crippen molar-refractivity contribution in [2.75, 3.05) is 46.8 Å². The predicted molar refractivity (Wildman–Crippen MR) is 93.9 cm³/mol. The molecule has 6 heteroatoms. The van der Waals surface area contributed by atoms with Crippen LogP contribution in [-0.4, -0.2) is 84.5 Å². The smallest absolute Gasteiger partial charge is 0.306 e. The van der Waals surface area contributed by atoms with Crippen LogP contribution >= 0.6 is 0 Å². The van der Waals surface area contributed by atoms with E-state index in [-0.39, 0.29) is 11.8 Å². The summed E-state index contributed by atoms with van der Waals surface area (Å²) in [4.78, 5) is 29.7. The molecule has 0 aromatic rings. The van der Waals surface area contributed by atoms with Gasteiger partial charge in [-0.3, -0.25) is 9.59 Å². The van der Waals surface area contributed by atoms with Gasteiger partial charge in [-0.2, -0.15) is 0 Å². The SMILES string of the molecule is CN(CCC(=O)N1CCC(C(=O)O)CC1)CCN(C)C1CCCC1. The van der Waals surface area contributed by atoms with E-state index in [1.54, 1.807) is 0 Å². The first-order valence-electron chi connectivity index (χ1n) is 9.36. The van der Waals surface area contributed by atoms with E-state index in [2.05, 4.69) is 23.9 Å². The molecule has 24 heavy (non-hydrogen) atoms. The molecule has 138 valence electrons. The summed E-state index contributed by atoms with van der Waals surface area (Å²) in [6.45, 7) is 3.99. The Morgan fingerprint density at radius 1 is 1.00 bits per heavy atom. The molecule has 0 unspecified atom stereocenters. The summed E-state index contributed by atoms with van der Waals surface area (Å²) >= 11 is 0. The van der Waals surface area contributed by atoms with E-state index in [4.69, 9.17) is 5.11 Å². The number of aliphatic carboxylic acids is 1. The maximum atomic E-state index is 12.3. The van der Waals surface area contributed by atoms with Crippen LogP contribution in [0.1, 0.15) is 44.9 Å². The second kappa shape index (κ2) is 9.37. The van der Waals surface area contributed by atoms with Crippen LogP contribution in [0.2, 0.25) is 0 Å². The lowest BCUT2D eigenvalue weighted by Gasteiger charge is -2.31. The number of amides is 1. The Morgan fingerprint density at radius 2 is 1.62 bits per heavy atom. The van der Waals surface area contributed by atoms with Crippen LogP contribution in [0.3, 0.4) is 0 Å². The van der Waals surface area contributed by atoms with Crippen molar-refractivity contribution >= 4 is 11.9 Å². The van der Waals surface area contributed by atoms with E-state index < -0.39 is 5.97 Å². The number of hydrogen-bond acceptors (Lipinski definition) is 4. The quantitative estimate of drug-likeness (QED) is 0.726. The summed E-state index contributed by atoms with van der Waals surface area (Å²) < 4.78 is 0. The Morgan fingerprint density at radius 3 is 2.21 bits per heavy atom. The highest BCUT2D eigenvalue weighted by Gasteiger charge is 2.26. The van der Waals surface area contributed by atoms with Crippen molar-refractivity contribution in [1.29, 1.82) is 0 Å². The molecule has 1 heterocycles. The highest BCUT2D eigenvalue weighted by molar-refractivity contribution is 5.77. The lowest BCUT2D eigenvalue weighted by molar-refractivity contribution is -0.145. The largest absolute Gasteiger partial charge is 0.481 e. The van der Waals surface area contributed by atoms with Crippen LogP contribution in [0.15, 0.2) is 0 Å². The van der Waals surface area contributed by atoms with E-state index in [0.29, 0.717) is 32.4 Å². The number of nitrogens with zero attached hydrogens (tertiary/aromatic N) is 3. The van der Waals surface area contributed by atoms with Crippen LogP contribution in [0.4, 0.5) is 0 Å². The minimum absolute atomic E-state index is 0.162. The van der Waals surface area contributed by atoms with E-state index in [0.717, 1.165) is 25.7 Å². The third kappa shape index (κ3) is 5.74. The molecule has 1 N–H and O–H groups in total. The second-order valence-corrected chi connectivity index (χ2v) is 7.47. The van der Waals surface area contributed by atoms with E-state index >= 15 is 0 Å². The third-order valence-corrected chi connectivity index (χ3v) is 5.69. The summed E-state index contributed by atoms with van der Waals surface area (Å²) in [5, 5.41) is 9.01. The molecule has 1 aliphatic carbocycles. The van der Waals surface area contributed by atoms with Crippen LogP contribution in [0.5, 0.6) is 0 Å². The van der Waals surface area contributed by atoms with Crippen molar-refractivity contribution in [2.24, 2.45) is 5.92 Å². The molecule has 2 aliphatic rings. The molecule has 1 saturated heterocycles. The fraction of sp³-hybridized carbons (Fsp3) is 0.889. The average Bonchev–Trinajstić information content (AvgIpc) is 3.12. The summed E-state index contributed by atoms with van der Waals surface area (Å²) in [5.74, 6) is -0.842. The van der Waals surface area contributed by atoms with Crippen molar-refractivity contribution < 1.29 is 14.7 Å². The van der Waals surface area contributed by atoms with Crippen molar-refractivity contribution in [3.8, 4) is 0 Å². The molecule has 1 saturated carbocycles. The second-order valence-electron chi connectivity index (χ2n) is 7.47. The highest BCUT2D eigenvalue weighted by Crippen LogP contribution is 2.22. The number of hydrogen-bond donors (Lipinski definition) is 1. The minimum Gasteiger partial charge on any atom is -0.481 e. The first-order chi connectivity index (χ1) is 11.5. The fourth-order valence-electron chi connectivity index (χ4n) is 3.79. The van der Waals surface area contributed by atoms with Gasteiger partial charge in [-0.15, -0.1) is 0 Å². The standard InChI is InChI=1S/C18H33N3O3/c1-19(13-14-20(2)16-5-3-4-6-16)10-9-17(22)21-11-7-15(8-12-21)18(23)24/h15-16H,3-14H2,1-2H3,(H,23,24). The number of likely N-dealkylation sites (N-methyl/N-ethyl adjacent to an activating group) is 2. The Kier molecular flexibility index (Phi) is 7.49. The van der Waals surface area contributed by atoms with Crippen molar-refractivity contribution in [2.45, 2.75) is 51.0 Å². The monoisotopic (exact) mass is 339 g/mol. The summed E-state index contributed by atoms with van der Waals surface area (Å²) in [5.41, 5.74) is 0. The molecule has 0 atom stereocenters. The molecule has 0 bridgehead atoms. The minimum atomic E-state index is -0.729. The Bertz CT molecular complexity index is 416. The Hall–Kier alpha value is -1.14. The van der Waals surface area contributed by atoms with E-state index in [1.165, 1.54) is 25.7 Å². The first-order valence-corrected chi connectivity index (χ1v) is 9.36. The number of carboxylic acids is 1. The molecular weight excluding hydrogens is 306 g/mol. The number of rotatable bonds is 8. The topological polar surface area (TPSA) is 64.1 Å². The first kappa shape index (κ1) is 19.2. The number of carbonyl (C=O) groups is 2. The number of carboxylic acid groups (broad SMARTS) is 1. The van der Waals surface area contributed by atoms with Crippen LogP contribution in [0, 0.1) is 5.92 Å². The van der Waals surface area contributed by atoms with Crippen LogP contribution in [0.25, 0.3) is 0 Å². The van der Waals surface area contributed by atoms with Gasteiger partial charge in [-0.25, -0.2) is 0 Å². The van der Waals surface area contributed by atoms with Gasteiger partial charge in [0.2, 0.25) is 5.91 Å². The van der Waals surface area contributed by atoms with Crippen LogP contribution < -0.4 is 0 Å². The maximum Gasteiger partial charge on any atom is 0.306 e. The molecule has 2 fully saturated rings. The molecule has 0 spiro atoms. The number of piperidine rings is 1. The van der Waals surface area contributed by atoms with Crippen molar-refractivity contribution in [1.82, 2.24) is 14.7 Å². The van der Waals surface area contributed by atoms with Gasteiger partial charge in [0.25, 0.3) is 0 Å². The van der Waals surface area contributed by atoms with Gasteiger partial charge in [0.1, 0.15) is 0 Å². The van der Waals surface area contributed by atoms with Crippen molar-refractivity contribution in [3.05, 3.63) is 0 Å². The third-order valence-electron chi connectivity index (χ3n) is 5.69. The van der Waals surface area contributed by atoms with Gasteiger partial charge in [-0.05, 0) is 39.8 Å². The van der Waals surface area contributed by atoms with Crippen LogP contribution in [-0.2, 0) is 9.59 Å². The van der Waals surface area contributed by atoms with Gasteiger partial charge >= 0.3 is 5.97 Å². The molecule has 1 amide bonds. The summed E-state index contributed by atoms with van der Waals surface area (Å²) in [6, 6.07) is 0.746. The van der Waals surface area contributed by atoms with Crippen molar-refractivity contribution in [3.63, 3.8) is 0 Å². The van der Waals surface area contributed by atoms with Gasteiger partial charge < -0.3 is 19.8 Å². The lowest BCUT2D eigenvalue weighted by atomic mass is 9.97. The zero-order chi connectivity index (χ0) is 17.5. The molecule has 6 nitrogen and oxygen atoms in total. The fourth-order valence-corrected chi connectivity index (χ4v) is 3.79.